The minimum absolute atomic E-state index is 0.597. The third kappa shape index (κ3) is 1.66. The van der Waals surface area contributed by atoms with E-state index in [1.54, 1.807) is 14.2 Å². The van der Waals surface area contributed by atoms with Gasteiger partial charge in [-0.1, -0.05) is 17.7 Å². The number of fused-ring (bicyclic) bond motifs is 3. The van der Waals surface area contributed by atoms with E-state index in [1.165, 1.54) is 11.1 Å². The Morgan fingerprint density at radius 3 is 2.45 bits per heavy atom. The predicted molar refractivity (Wildman–Crippen MR) is 83.4 cm³/mol. The average molecular weight is 290 g/mol. The fourth-order valence-electron chi connectivity index (χ4n) is 2.72. The first kappa shape index (κ1) is 13.1. The molecule has 0 saturated heterocycles. The van der Waals surface area contributed by atoms with Crippen molar-refractivity contribution in [2.24, 2.45) is 0 Å². The molecule has 0 radical (unpaired) electrons. The SMILES string of the molecule is COc1c(Cl)ccc2c1[nH]c1c(OC)cc(C)c(C)c12. The number of methoxy groups -OCH3 is 2. The minimum atomic E-state index is 0.597. The number of ether oxygens (including phenoxy) is 2. The van der Waals surface area contributed by atoms with Gasteiger partial charge < -0.3 is 14.5 Å². The highest BCUT2D eigenvalue weighted by atomic mass is 35.5. The maximum Gasteiger partial charge on any atom is 0.161 e. The van der Waals surface area contributed by atoms with Gasteiger partial charge in [0.2, 0.25) is 0 Å². The lowest BCUT2D eigenvalue weighted by Crippen LogP contribution is -1.89. The molecule has 1 heterocycles. The molecule has 2 aromatic carbocycles. The Hall–Kier alpha value is -1.87. The summed E-state index contributed by atoms with van der Waals surface area (Å²) in [4.78, 5) is 3.39. The maximum atomic E-state index is 6.20. The van der Waals surface area contributed by atoms with Gasteiger partial charge in [0, 0.05) is 10.8 Å². The standard InChI is InChI=1S/C16H16ClNO2/c1-8-7-12(19-3)15-13(9(8)2)10-5-6-11(17)16(20-4)14(10)18-15/h5-7,18H,1-4H3. The summed E-state index contributed by atoms with van der Waals surface area (Å²) in [7, 11) is 3.31. The Morgan fingerprint density at radius 2 is 1.80 bits per heavy atom. The van der Waals surface area contributed by atoms with Gasteiger partial charge in [-0.05, 0) is 37.1 Å². The molecule has 1 aromatic heterocycles. The van der Waals surface area contributed by atoms with Gasteiger partial charge >= 0.3 is 0 Å². The third-order valence-electron chi connectivity index (χ3n) is 3.86. The molecule has 3 nitrogen and oxygen atoms in total. The summed E-state index contributed by atoms with van der Waals surface area (Å²) in [5.41, 5.74) is 4.31. The second-order valence-corrected chi connectivity index (χ2v) is 5.31. The van der Waals surface area contributed by atoms with E-state index in [0.717, 1.165) is 27.6 Å². The van der Waals surface area contributed by atoms with Crippen LogP contribution < -0.4 is 9.47 Å². The van der Waals surface area contributed by atoms with Crippen molar-refractivity contribution in [3.05, 3.63) is 34.3 Å². The molecule has 3 aromatic rings. The highest BCUT2D eigenvalue weighted by Crippen LogP contribution is 2.41. The molecule has 0 spiro atoms. The highest BCUT2D eigenvalue weighted by Gasteiger charge is 2.17. The molecule has 104 valence electrons. The normalized spacial score (nSPS) is 11.2. The topological polar surface area (TPSA) is 34.2 Å². The number of nitrogens with one attached hydrogen (secondary N) is 1. The fraction of sp³-hybridized carbons (Fsp3) is 0.250. The zero-order valence-electron chi connectivity index (χ0n) is 11.9. The number of hydrogen-bond acceptors (Lipinski definition) is 2. The first-order valence-electron chi connectivity index (χ1n) is 6.40. The van der Waals surface area contributed by atoms with Crippen LogP contribution in [0.3, 0.4) is 0 Å². The van der Waals surface area contributed by atoms with E-state index < -0.39 is 0 Å². The first-order valence-corrected chi connectivity index (χ1v) is 6.78. The summed E-state index contributed by atoms with van der Waals surface area (Å²) in [5.74, 6) is 1.50. The number of aromatic amines is 1. The van der Waals surface area contributed by atoms with Gasteiger partial charge in [-0.2, -0.15) is 0 Å². The molecule has 0 saturated carbocycles. The zero-order chi connectivity index (χ0) is 14.4. The van der Waals surface area contributed by atoms with E-state index >= 15 is 0 Å². The summed E-state index contributed by atoms with van der Waals surface area (Å²) in [6, 6.07) is 5.93. The molecule has 20 heavy (non-hydrogen) atoms. The molecule has 0 aliphatic carbocycles. The number of benzene rings is 2. The molecule has 1 N–H and O–H groups in total. The van der Waals surface area contributed by atoms with Gasteiger partial charge in [0.25, 0.3) is 0 Å². The predicted octanol–water partition coefficient (Wildman–Crippen LogP) is 4.61. The molecule has 3 rings (SSSR count). The van der Waals surface area contributed by atoms with E-state index in [4.69, 9.17) is 21.1 Å². The molecule has 4 heteroatoms. The van der Waals surface area contributed by atoms with Crippen molar-refractivity contribution in [1.29, 1.82) is 0 Å². The molecular weight excluding hydrogens is 274 g/mol. The molecular formula is C16H16ClNO2. The van der Waals surface area contributed by atoms with Crippen LogP contribution in [0.5, 0.6) is 11.5 Å². The summed E-state index contributed by atoms with van der Waals surface area (Å²) >= 11 is 6.20. The van der Waals surface area contributed by atoms with Crippen LogP contribution in [-0.2, 0) is 0 Å². The molecule has 0 aliphatic heterocycles. The summed E-state index contributed by atoms with van der Waals surface area (Å²) in [6.07, 6.45) is 0. The summed E-state index contributed by atoms with van der Waals surface area (Å²) in [6.45, 7) is 4.20. The lowest BCUT2D eigenvalue weighted by Gasteiger charge is -2.07. The van der Waals surface area contributed by atoms with E-state index in [1.807, 2.05) is 18.2 Å². The number of H-pyrrole nitrogens is 1. The van der Waals surface area contributed by atoms with Gasteiger partial charge in [-0.15, -0.1) is 0 Å². The van der Waals surface area contributed by atoms with Crippen molar-refractivity contribution in [1.82, 2.24) is 4.98 Å². The van der Waals surface area contributed by atoms with Crippen LogP contribution >= 0.6 is 11.6 Å². The van der Waals surface area contributed by atoms with Crippen molar-refractivity contribution < 1.29 is 9.47 Å². The van der Waals surface area contributed by atoms with Crippen LogP contribution in [0.15, 0.2) is 18.2 Å². The number of aromatic nitrogens is 1. The van der Waals surface area contributed by atoms with Gasteiger partial charge in [0.15, 0.2) is 5.75 Å². The largest absolute Gasteiger partial charge is 0.495 e. The van der Waals surface area contributed by atoms with Crippen LogP contribution in [0.1, 0.15) is 11.1 Å². The number of hydrogen-bond donors (Lipinski definition) is 1. The summed E-state index contributed by atoms with van der Waals surface area (Å²) in [5, 5.41) is 2.85. The molecule has 0 bridgehead atoms. The zero-order valence-corrected chi connectivity index (χ0v) is 12.7. The number of halogens is 1. The van der Waals surface area contributed by atoms with Crippen LogP contribution in [-0.4, -0.2) is 19.2 Å². The molecule has 0 aliphatic rings. The number of rotatable bonds is 2. The Bertz CT molecular complexity index is 820. The quantitative estimate of drug-likeness (QED) is 0.747. The van der Waals surface area contributed by atoms with Gasteiger partial charge in [0.1, 0.15) is 5.75 Å². The van der Waals surface area contributed by atoms with Crippen molar-refractivity contribution in [2.45, 2.75) is 13.8 Å². The van der Waals surface area contributed by atoms with Crippen LogP contribution in [0.2, 0.25) is 5.02 Å². The lowest BCUT2D eigenvalue weighted by molar-refractivity contribution is 0.417. The average Bonchev–Trinajstić information content (AvgIpc) is 2.82. The summed E-state index contributed by atoms with van der Waals surface area (Å²) < 4.78 is 10.9. The third-order valence-corrected chi connectivity index (χ3v) is 4.16. The van der Waals surface area contributed by atoms with E-state index in [0.29, 0.717) is 10.8 Å². The van der Waals surface area contributed by atoms with Crippen LogP contribution in [0.25, 0.3) is 21.8 Å². The molecule has 0 amide bonds. The van der Waals surface area contributed by atoms with Crippen molar-refractivity contribution >= 4 is 33.4 Å². The second-order valence-electron chi connectivity index (χ2n) is 4.90. The Balaban J connectivity index is 2.57. The fourth-order valence-corrected chi connectivity index (χ4v) is 2.96. The minimum Gasteiger partial charge on any atom is -0.495 e. The number of aryl methyl sites for hydroxylation is 2. The van der Waals surface area contributed by atoms with Crippen molar-refractivity contribution in [3.8, 4) is 11.5 Å². The van der Waals surface area contributed by atoms with Gasteiger partial charge in [-0.3, -0.25) is 0 Å². The lowest BCUT2D eigenvalue weighted by atomic mass is 10.0. The van der Waals surface area contributed by atoms with Gasteiger partial charge in [0.05, 0.1) is 30.3 Å². The van der Waals surface area contributed by atoms with Crippen LogP contribution in [0, 0.1) is 13.8 Å². The highest BCUT2D eigenvalue weighted by molar-refractivity contribution is 6.33. The second kappa shape index (κ2) is 4.60. The van der Waals surface area contributed by atoms with Crippen molar-refractivity contribution in [3.63, 3.8) is 0 Å². The Kier molecular flexibility index (Phi) is 3.02. The van der Waals surface area contributed by atoms with Crippen molar-refractivity contribution in [2.75, 3.05) is 14.2 Å². The Labute approximate surface area is 122 Å². The monoisotopic (exact) mass is 289 g/mol. The maximum absolute atomic E-state index is 6.20. The Morgan fingerprint density at radius 1 is 1.05 bits per heavy atom. The molecule has 0 unspecified atom stereocenters. The van der Waals surface area contributed by atoms with E-state index in [2.05, 4.69) is 18.8 Å². The van der Waals surface area contributed by atoms with E-state index in [-0.39, 0.29) is 0 Å². The van der Waals surface area contributed by atoms with Crippen LogP contribution in [0.4, 0.5) is 0 Å². The van der Waals surface area contributed by atoms with E-state index in [9.17, 15) is 0 Å². The first-order chi connectivity index (χ1) is 9.58. The van der Waals surface area contributed by atoms with Gasteiger partial charge in [-0.25, -0.2) is 0 Å². The molecule has 0 fully saturated rings. The smallest absolute Gasteiger partial charge is 0.161 e. The molecule has 0 atom stereocenters.